The molecule has 1 saturated heterocycles. The van der Waals surface area contributed by atoms with Gasteiger partial charge in [-0.3, -0.25) is 4.90 Å². The maximum absolute atomic E-state index is 10.9. The first-order valence-corrected chi connectivity index (χ1v) is 10.5. The Morgan fingerprint density at radius 3 is 2.50 bits per heavy atom. The van der Waals surface area contributed by atoms with Crippen LogP contribution in [0, 0.1) is 0 Å². The second kappa shape index (κ2) is 10.9. The van der Waals surface area contributed by atoms with Gasteiger partial charge in [-0.25, -0.2) is 0 Å². The number of hydrogen-bond donors (Lipinski definition) is 1. The molecule has 1 heterocycles. The van der Waals surface area contributed by atoms with Crippen LogP contribution in [0.15, 0.2) is 42.5 Å². The van der Waals surface area contributed by atoms with Gasteiger partial charge < -0.3 is 24.1 Å². The molecular weight excluding hydrogens is 406 g/mol. The van der Waals surface area contributed by atoms with Crippen LogP contribution in [0.4, 0.5) is 0 Å². The van der Waals surface area contributed by atoms with Crippen molar-refractivity contribution in [1.82, 2.24) is 4.90 Å². The molecule has 30 heavy (non-hydrogen) atoms. The molecule has 1 aliphatic heterocycles. The highest BCUT2D eigenvalue weighted by Gasteiger charge is 2.33. The van der Waals surface area contributed by atoms with Gasteiger partial charge in [0, 0.05) is 31.8 Å². The van der Waals surface area contributed by atoms with Crippen molar-refractivity contribution in [3.63, 3.8) is 0 Å². The van der Waals surface area contributed by atoms with Gasteiger partial charge in [0.25, 0.3) is 0 Å². The molecule has 164 valence electrons. The van der Waals surface area contributed by atoms with Crippen LogP contribution in [0.5, 0.6) is 17.2 Å². The summed E-state index contributed by atoms with van der Waals surface area (Å²) >= 11 is 5.99. The molecule has 0 radical (unpaired) electrons. The molecule has 1 fully saturated rings. The average molecular weight is 436 g/mol. The number of benzene rings is 2. The molecule has 0 aromatic heterocycles. The van der Waals surface area contributed by atoms with Gasteiger partial charge in [0.05, 0.1) is 13.7 Å². The molecule has 0 atom stereocenters. The van der Waals surface area contributed by atoms with Crippen molar-refractivity contribution in [1.29, 1.82) is 0 Å². The molecule has 1 aliphatic rings. The Morgan fingerprint density at radius 1 is 1.00 bits per heavy atom. The SMILES string of the molecule is COCCOc1cc(CN2CCC(O)(COc3cccc(Cl)c3)CC2)ccc1OC. The van der Waals surface area contributed by atoms with E-state index in [-0.39, 0.29) is 6.61 Å². The lowest BCUT2D eigenvalue weighted by Gasteiger charge is -2.38. The number of likely N-dealkylation sites (tertiary alicyclic amines) is 1. The molecule has 3 rings (SSSR count). The van der Waals surface area contributed by atoms with Crippen LogP contribution in [-0.4, -0.2) is 62.7 Å². The Balaban J connectivity index is 1.51. The van der Waals surface area contributed by atoms with Gasteiger partial charge in [-0.2, -0.15) is 0 Å². The second-order valence-electron chi connectivity index (χ2n) is 7.57. The number of nitrogens with zero attached hydrogens (tertiary/aromatic N) is 1. The summed E-state index contributed by atoms with van der Waals surface area (Å²) in [6, 6.07) is 13.2. The lowest BCUT2D eigenvalue weighted by molar-refractivity contribution is -0.0537. The van der Waals surface area contributed by atoms with Crippen LogP contribution >= 0.6 is 11.6 Å². The number of aliphatic hydroxyl groups is 1. The summed E-state index contributed by atoms with van der Waals surface area (Å²) in [5.41, 5.74) is 0.316. The Morgan fingerprint density at radius 2 is 1.80 bits per heavy atom. The summed E-state index contributed by atoms with van der Waals surface area (Å²) in [7, 11) is 3.28. The van der Waals surface area contributed by atoms with Crippen LogP contribution in [0.2, 0.25) is 5.02 Å². The summed E-state index contributed by atoms with van der Waals surface area (Å²) in [5.74, 6) is 2.11. The Labute approximate surface area is 183 Å². The lowest BCUT2D eigenvalue weighted by atomic mass is 9.92. The number of halogens is 1. The highest BCUT2D eigenvalue weighted by molar-refractivity contribution is 6.30. The highest BCUT2D eigenvalue weighted by atomic mass is 35.5. The third-order valence-electron chi connectivity index (χ3n) is 5.27. The maximum atomic E-state index is 10.9. The van der Waals surface area contributed by atoms with Gasteiger partial charge in [0.2, 0.25) is 0 Å². The van der Waals surface area contributed by atoms with E-state index < -0.39 is 5.60 Å². The van der Waals surface area contributed by atoms with E-state index in [1.165, 1.54) is 0 Å². The highest BCUT2D eigenvalue weighted by Crippen LogP contribution is 2.30. The summed E-state index contributed by atoms with van der Waals surface area (Å²) in [5, 5.41) is 11.5. The third-order valence-corrected chi connectivity index (χ3v) is 5.50. The molecule has 1 N–H and O–H groups in total. The van der Waals surface area contributed by atoms with E-state index in [2.05, 4.69) is 4.90 Å². The monoisotopic (exact) mass is 435 g/mol. The zero-order valence-electron chi connectivity index (χ0n) is 17.6. The van der Waals surface area contributed by atoms with E-state index in [1.807, 2.05) is 30.3 Å². The lowest BCUT2D eigenvalue weighted by Crippen LogP contribution is -2.47. The van der Waals surface area contributed by atoms with E-state index in [0.29, 0.717) is 42.6 Å². The first-order valence-electron chi connectivity index (χ1n) is 10.1. The fourth-order valence-corrected chi connectivity index (χ4v) is 3.65. The topological polar surface area (TPSA) is 60.4 Å². The van der Waals surface area contributed by atoms with Crippen molar-refractivity contribution in [2.75, 3.05) is 47.1 Å². The first-order chi connectivity index (χ1) is 14.5. The maximum Gasteiger partial charge on any atom is 0.161 e. The van der Waals surface area contributed by atoms with Gasteiger partial charge in [-0.05, 0) is 48.7 Å². The summed E-state index contributed by atoms with van der Waals surface area (Å²) in [4.78, 5) is 2.33. The summed E-state index contributed by atoms with van der Waals surface area (Å²) in [6.45, 7) is 3.63. The molecule has 0 saturated carbocycles. The number of methoxy groups -OCH3 is 2. The minimum atomic E-state index is -0.826. The molecule has 2 aromatic carbocycles. The van der Waals surface area contributed by atoms with Gasteiger partial charge >= 0.3 is 0 Å². The van der Waals surface area contributed by atoms with Crippen LogP contribution in [0.1, 0.15) is 18.4 Å². The molecule has 7 heteroatoms. The van der Waals surface area contributed by atoms with E-state index in [1.54, 1.807) is 26.4 Å². The first kappa shape index (κ1) is 22.7. The fraction of sp³-hybridized carbons (Fsp3) is 0.478. The van der Waals surface area contributed by atoms with Crippen molar-refractivity contribution in [2.24, 2.45) is 0 Å². The number of rotatable bonds is 10. The van der Waals surface area contributed by atoms with Crippen molar-refractivity contribution in [2.45, 2.75) is 25.0 Å². The van der Waals surface area contributed by atoms with E-state index in [0.717, 1.165) is 30.9 Å². The Kier molecular flexibility index (Phi) is 8.22. The van der Waals surface area contributed by atoms with Gasteiger partial charge in [-0.15, -0.1) is 0 Å². The zero-order chi connectivity index (χ0) is 21.4. The van der Waals surface area contributed by atoms with Crippen molar-refractivity contribution >= 4 is 11.6 Å². The zero-order valence-corrected chi connectivity index (χ0v) is 18.4. The Bertz CT molecular complexity index is 808. The van der Waals surface area contributed by atoms with Crippen LogP contribution in [0.3, 0.4) is 0 Å². The molecule has 0 aliphatic carbocycles. The average Bonchev–Trinajstić information content (AvgIpc) is 2.75. The minimum Gasteiger partial charge on any atom is -0.493 e. The Hall–Kier alpha value is -1.99. The van der Waals surface area contributed by atoms with Crippen molar-refractivity contribution < 1.29 is 24.1 Å². The number of piperidine rings is 1. The standard InChI is InChI=1S/C23H30ClNO5/c1-27-12-13-29-22-14-18(6-7-21(22)28-2)16-25-10-8-23(26,9-11-25)17-30-20-5-3-4-19(24)15-20/h3-7,14-15,26H,8-13,16-17H2,1-2H3. The van der Waals surface area contributed by atoms with Crippen molar-refractivity contribution in [3.8, 4) is 17.2 Å². The van der Waals surface area contributed by atoms with Crippen LogP contribution in [-0.2, 0) is 11.3 Å². The molecule has 0 spiro atoms. The molecule has 0 amide bonds. The summed E-state index contributed by atoms with van der Waals surface area (Å²) < 4.78 is 22.0. The van der Waals surface area contributed by atoms with Gasteiger partial charge in [-0.1, -0.05) is 23.7 Å². The van der Waals surface area contributed by atoms with E-state index in [4.69, 9.17) is 30.5 Å². The van der Waals surface area contributed by atoms with Gasteiger partial charge in [0.1, 0.15) is 24.6 Å². The van der Waals surface area contributed by atoms with Crippen LogP contribution in [0.25, 0.3) is 0 Å². The second-order valence-corrected chi connectivity index (χ2v) is 8.01. The molecule has 0 bridgehead atoms. The molecule has 6 nitrogen and oxygen atoms in total. The van der Waals surface area contributed by atoms with Crippen LogP contribution < -0.4 is 14.2 Å². The molecular formula is C23H30ClNO5. The normalized spacial score (nSPS) is 16.3. The van der Waals surface area contributed by atoms with Gasteiger partial charge in [0.15, 0.2) is 11.5 Å². The molecule has 0 unspecified atom stereocenters. The third kappa shape index (κ3) is 6.51. The van der Waals surface area contributed by atoms with E-state index in [9.17, 15) is 5.11 Å². The van der Waals surface area contributed by atoms with E-state index >= 15 is 0 Å². The predicted molar refractivity (Wildman–Crippen MR) is 117 cm³/mol. The smallest absolute Gasteiger partial charge is 0.161 e. The summed E-state index contributed by atoms with van der Waals surface area (Å²) in [6.07, 6.45) is 1.31. The number of ether oxygens (including phenoxy) is 4. The van der Waals surface area contributed by atoms with Crippen molar-refractivity contribution in [3.05, 3.63) is 53.1 Å². The minimum absolute atomic E-state index is 0.265. The quantitative estimate of drug-likeness (QED) is 0.573. The molecule has 2 aromatic rings. The largest absolute Gasteiger partial charge is 0.493 e. The number of hydrogen-bond acceptors (Lipinski definition) is 6. The predicted octanol–water partition coefficient (Wildman–Crippen LogP) is 3.78. The fourth-order valence-electron chi connectivity index (χ4n) is 3.47.